The van der Waals surface area contributed by atoms with E-state index >= 15 is 0 Å². The molecule has 0 aliphatic carbocycles. The second kappa shape index (κ2) is 5.92. The molecule has 7 heteroatoms. The molecule has 0 radical (unpaired) electrons. The van der Waals surface area contributed by atoms with Crippen molar-refractivity contribution >= 4 is 22.7 Å². The highest BCUT2D eigenvalue weighted by Crippen LogP contribution is 2.23. The summed E-state index contributed by atoms with van der Waals surface area (Å²) >= 11 is 0. The van der Waals surface area contributed by atoms with Crippen molar-refractivity contribution in [2.75, 3.05) is 13.7 Å². The number of carbonyl (C=O) groups is 2. The van der Waals surface area contributed by atoms with Crippen LogP contribution in [-0.4, -0.2) is 47.5 Å². The first kappa shape index (κ1) is 15.4. The van der Waals surface area contributed by atoms with E-state index in [0.717, 1.165) is 0 Å². The van der Waals surface area contributed by atoms with Crippen LogP contribution in [0.15, 0.2) is 30.5 Å². The largest absolute Gasteiger partial charge is 0.380 e. The van der Waals surface area contributed by atoms with Gasteiger partial charge in [0, 0.05) is 31.7 Å². The smallest absolute Gasteiger partial charge is 0.256 e. The number of aromatic nitrogens is 1. The Labute approximate surface area is 132 Å². The number of rotatable bonds is 3. The van der Waals surface area contributed by atoms with Gasteiger partial charge >= 0.3 is 0 Å². The Bertz CT molecular complexity index is 780. The second-order valence-corrected chi connectivity index (χ2v) is 5.53. The monoisotopic (exact) mass is 317 g/mol. The van der Waals surface area contributed by atoms with E-state index in [1.165, 1.54) is 30.3 Å². The number of fused-ring (bicyclic) bond motifs is 1. The summed E-state index contributed by atoms with van der Waals surface area (Å²) in [6.07, 6.45) is 1.55. The third kappa shape index (κ3) is 2.87. The van der Waals surface area contributed by atoms with Crippen LogP contribution in [-0.2, 0) is 9.53 Å². The molecule has 2 atom stereocenters. The number of ether oxygens (including phenoxy) is 1. The number of primary amides is 1. The van der Waals surface area contributed by atoms with Crippen molar-refractivity contribution in [1.29, 1.82) is 0 Å². The molecule has 2 N–H and O–H groups in total. The zero-order valence-electron chi connectivity index (χ0n) is 12.5. The van der Waals surface area contributed by atoms with E-state index in [9.17, 15) is 14.0 Å². The van der Waals surface area contributed by atoms with Crippen molar-refractivity contribution in [2.45, 2.75) is 18.6 Å². The summed E-state index contributed by atoms with van der Waals surface area (Å²) in [5.74, 6) is -1.34. The first-order valence-electron chi connectivity index (χ1n) is 7.18. The summed E-state index contributed by atoms with van der Waals surface area (Å²) in [4.78, 5) is 29.8. The Kier molecular flexibility index (Phi) is 3.96. The quantitative estimate of drug-likeness (QED) is 0.918. The summed E-state index contributed by atoms with van der Waals surface area (Å²) in [5, 5.41) is 0.522. The Morgan fingerprint density at radius 3 is 2.87 bits per heavy atom. The molecule has 2 heterocycles. The van der Waals surface area contributed by atoms with E-state index in [2.05, 4.69) is 4.98 Å². The predicted octanol–water partition coefficient (Wildman–Crippen LogP) is 1.09. The van der Waals surface area contributed by atoms with Gasteiger partial charge in [0.25, 0.3) is 5.91 Å². The third-order valence-electron chi connectivity index (χ3n) is 4.08. The summed E-state index contributed by atoms with van der Waals surface area (Å²) < 4.78 is 18.6. The molecule has 1 fully saturated rings. The van der Waals surface area contributed by atoms with Crippen LogP contribution in [0, 0.1) is 5.82 Å². The van der Waals surface area contributed by atoms with E-state index in [1.54, 1.807) is 12.1 Å². The first-order valence-corrected chi connectivity index (χ1v) is 7.18. The average molecular weight is 317 g/mol. The normalized spacial score (nSPS) is 20.9. The summed E-state index contributed by atoms with van der Waals surface area (Å²) in [5.41, 5.74) is 6.25. The van der Waals surface area contributed by atoms with Crippen molar-refractivity contribution in [3.63, 3.8) is 0 Å². The molecule has 6 nitrogen and oxygen atoms in total. The molecular weight excluding hydrogens is 301 g/mol. The molecule has 0 saturated carbocycles. The standard InChI is InChI=1S/C16H16FN3O3/c1-23-12-6-14(15(18)21)20(8-12)16(22)10-4-9-5-11(17)2-3-13(9)19-7-10/h2-5,7,12,14H,6,8H2,1H3,(H2,18,21)/t12-,14-/m0/s1. The first-order chi connectivity index (χ1) is 11.0. The van der Waals surface area contributed by atoms with Gasteiger partial charge in [-0.2, -0.15) is 0 Å². The number of pyridine rings is 1. The number of likely N-dealkylation sites (tertiary alicyclic amines) is 1. The fraction of sp³-hybridized carbons (Fsp3) is 0.312. The topological polar surface area (TPSA) is 85.5 Å². The number of nitrogens with two attached hydrogens (primary N) is 1. The molecule has 1 saturated heterocycles. The molecule has 1 aliphatic heterocycles. The van der Waals surface area contributed by atoms with Gasteiger partial charge in [0.05, 0.1) is 17.2 Å². The Morgan fingerprint density at radius 1 is 1.39 bits per heavy atom. The lowest BCUT2D eigenvalue weighted by Gasteiger charge is -2.22. The summed E-state index contributed by atoms with van der Waals surface area (Å²) in [7, 11) is 1.52. The highest BCUT2D eigenvalue weighted by atomic mass is 19.1. The van der Waals surface area contributed by atoms with Gasteiger partial charge in [-0.15, -0.1) is 0 Å². The van der Waals surface area contributed by atoms with Crippen LogP contribution in [0.2, 0.25) is 0 Å². The molecule has 1 aliphatic rings. The van der Waals surface area contributed by atoms with Gasteiger partial charge in [0.1, 0.15) is 11.9 Å². The molecule has 0 unspecified atom stereocenters. The lowest BCUT2D eigenvalue weighted by Crippen LogP contribution is -2.43. The highest BCUT2D eigenvalue weighted by Gasteiger charge is 2.39. The van der Waals surface area contributed by atoms with E-state index in [0.29, 0.717) is 17.3 Å². The van der Waals surface area contributed by atoms with Gasteiger partial charge in [-0.25, -0.2) is 4.39 Å². The lowest BCUT2D eigenvalue weighted by atomic mass is 10.1. The van der Waals surface area contributed by atoms with E-state index in [1.807, 2.05) is 0 Å². The van der Waals surface area contributed by atoms with Crippen LogP contribution in [0.5, 0.6) is 0 Å². The maximum absolute atomic E-state index is 13.3. The number of amides is 2. The molecule has 3 rings (SSSR count). The van der Waals surface area contributed by atoms with Crippen molar-refractivity contribution in [2.24, 2.45) is 5.73 Å². The minimum absolute atomic E-state index is 0.234. The van der Waals surface area contributed by atoms with Crippen LogP contribution >= 0.6 is 0 Å². The number of methoxy groups -OCH3 is 1. The number of hydrogen-bond acceptors (Lipinski definition) is 4. The third-order valence-corrected chi connectivity index (χ3v) is 4.08. The van der Waals surface area contributed by atoms with E-state index < -0.39 is 17.8 Å². The van der Waals surface area contributed by atoms with E-state index in [-0.39, 0.29) is 24.1 Å². The van der Waals surface area contributed by atoms with Crippen molar-refractivity contribution in [1.82, 2.24) is 9.88 Å². The van der Waals surface area contributed by atoms with Crippen LogP contribution < -0.4 is 5.73 Å². The van der Waals surface area contributed by atoms with Crippen LogP contribution in [0.3, 0.4) is 0 Å². The second-order valence-electron chi connectivity index (χ2n) is 5.53. The average Bonchev–Trinajstić information content (AvgIpc) is 2.98. The molecule has 23 heavy (non-hydrogen) atoms. The minimum atomic E-state index is -0.712. The fourth-order valence-electron chi connectivity index (χ4n) is 2.85. The molecular formula is C16H16FN3O3. The van der Waals surface area contributed by atoms with Gasteiger partial charge in [-0.1, -0.05) is 0 Å². The predicted molar refractivity (Wildman–Crippen MR) is 81.1 cm³/mol. The Balaban J connectivity index is 1.94. The van der Waals surface area contributed by atoms with Gasteiger partial charge in [-0.3, -0.25) is 14.6 Å². The van der Waals surface area contributed by atoms with E-state index in [4.69, 9.17) is 10.5 Å². The van der Waals surface area contributed by atoms with Crippen molar-refractivity contribution in [3.8, 4) is 0 Å². The Hall–Kier alpha value is -2.54. The molecule has 120 valence electrons. The molecule has 0 bridgehead atoms. The van der Waals surface area contributed by atoms with Crippen molar-refractivity contribution in [3.05, 3.63) is 41.8 Å². The number of hydrogen-bond donors (Lipinski definition) is 1. The number of halogens is 1. The van der Waals surface area contributed by atoms with Crippen molar-refractivity contribution < 1.29 is 18.7 Å². The van der Waals surface area contributed by atoms with Gasteiger partial charge in [-0.05, 0) is 24.3 Å². The molecule has 1 aromatic carbocycles. The molecule has 0 spiro atoms. The van der Waals surface area contributed by atoms with Gasteiger partial charge in [0.15, 0.2) is 0 Å². The SMILES string of the molecule is CO[C@H]1C[C@@H](C(N)=O)N(C(=O)c2cnc3ccc(F)cc3c2)C1. The Morgan fingerprint density at radius 2 is 2.17 bits per heavy atom. The minimum Gasteiger partial charge on any atom is -0.380 e. The molecule has 2 amide bonds. The summed E-state index contributed by atoms with van der Waals surface area (Å²) in [6.45, 7) is 0.282. The number of nitrogens with zero attached hydrogens (tertiary/aromatic N) is 2. The van der Waals surface area contributed by atoms with Crippen LogP contribution in [0.4, 0.5) is 4.39 Å². The zero-order valence-corrected chi connectivity index (χ0v) is 12.5. The maximum atomic E-state index is 13.3. The number of benzene rings is 1. The summed E-state index contributed by atoms with van der Waals surface area (Å²) in [6, 6.07) is 5.01. The molecule has 1 aromatic heterocycles. The van der Waals surface area contributed by atoms with Crippen LogP contribution in [0.1, 0.15) is 16.8 Å². The number of carbonyl (C=O) groups excluding carboxylic acids is 2. The van der Waals surface area contributed by atoms with Gasteiger partial charge < -0.3 is 15.4 Å². The fourth-order valence-corrected chi connectivity index (χ4v) is 2.85. The highest BCUT2D eigenvalue weighted by molar-refractivity contribution is 5.99. The lowest BCUT2D eigenvalue weighted by molar-refractivity contribution is -0.121. The maximum Gasteiger partial charge on any atom is 0.256 e. The van der Waals surface area contributed by atoms with Gasteiger partial charge in [0.2, 0.25) is 5.91 Å². The van der Waals surface area contributed by atoms with Crippen LogP contribution in [0.25, 0.3) is 10.9 Å². The zero-order chi connectivity index (χ0) is 16.6. The molecule has 2 aromatic rings.